The molecule has 0 spiro atoms. The highest BCUT2D eigenvalue weighted by atomic mass is 15.6. The van der Waals surface area contributed by atoms with Crippen LogP contribution in [0.3, 0.4) is 0 Å². The minimum atomic E-state index is 0.318. The van der Waals surface area contributed by atoms with E-state index in [-0.39, 0.29) is 0 Å². The molecule has 1 saturated heterocycles. The van der Waals surface area contributed by atoms with Gasteiger partial charge < -0.3 is 0 Å². The predicted molar refractivity (Wildman–Crippen MR) is 109 cm³/mol. The molecule has 2 aromatic rings. The average molecular weight is 384 g/mol. The molecule has 1 aliphatic carbocycles. The van der Waals surface area contributed by atoms with Gasteiger partial charge in [0.25, 0.3) is 0 Å². The first-order chi connectivity index (χ1) is 13.7. The topological polar surface area (TPSA) is 63.0 Å². The lowest BCUT2D eigenvalue weighted by atomic mass is 10.0. The lowest BCUT2D eigenvalue weighted by molar-refractivity contribution is 0.0759. The van der Waals surface area contributed by atoms with Crippen molar-refractivity contribution in [3.05, 3.63) is 35.9 Å². The zero-order valence-corrected chi connectivity index (χ0v) is 17.2. The molecule has 7 heteroatoms. The Hall–Kier alpha value is -1.86. The molecular weight excluding hydrogens is 350 g/mol. The van der Waals surface area contributed by atoms with E-state index < -0.39 is 0 Å². The van der Waals surface area contributed by atoms with Crippen molar-refractivity contribution in [1.82, 2.24) is 35.0 Å². The maximum atomic E-state index is 4.52. The second kappa shape index (κ2) is 9.09. The first-order valence-electron chi connectivity index (χ1n) is 10.8. The van der Waals surface area contributed by atoms with Gasteiger partial charge in [-0.15, -0.1) is 5.10 Å². The van der Waals surface area contributed by atoms with Crippen LogP contribution in [0.25, 0.3) is 0 Å². The summed E-state index contributed by atoms with van der Waals surface area (Å²) < 4.78 is 2.16. The van der Waals surface area contributed by atoms with Crippen LogP contribution in [0.5, 0.6) is 0 Å². The van der Waals surface area contributed by atoms with Crippen LogP contribution in [-0.2, 0) is 6.54 Å². The van der Waals surface area contributed by atoms with Gasteiger partial charge in [-0.25, -0.2) is 4.68 Å². The molecule has 1 aliphatic heterocycles. The maximum absolute atomic E-state index is 4.52. The summed E-state index contributed by atoms with van der Waals surface area (Å²) in [5.41, 5.74) is 1.34. The second-order valence-corrected chi connectivity index (χ2v) is 8.73. The summed E-state index contributed by atoms with van der Waals surface area (Å²) in [5, 5.41) is 13.0. The number of pyridine rings is 1. The predicted octanol–water partition coefficient (Wildman–Crippen LogP) is 3.09. The monoisotopic (exact) mass is 383 g/mol. The minimum Gasteiger partial charge on any atom is -0.297 e. The Labute approximate surface area is 168 Å². The van der Waals surface area contributed by atoms with Gasteiger partial charge in [-0.2, -0.15) is 0 Å². The van der Waals surface area contributed by atoms with Crippen molar-refractivity contribution in [2.45, 2.75) is 64.6 Å². The van der Waals surface area contributed by atoms with Crippen LogP contribution in [0.2, 0.25) is 0 Å². The summed E-state index contributed by atoms with van der Waals surface area (Å²) in [6.07, 6.45) is 9.90. The van der Waals surface area contributed by atoms with Crippen molar-refractivity contribution >= 4 is 0 Å². The molecule has 0 aromatic carbocycles. The molecule has 2 fully saturated rings. The van der Waals surface area contributed by atoms with Crippen LogP contribution in [-0.4, -0.2) is 61.2 Å². The fourth-order valence-electron chi connectivity index (χ4n) is 4.67. The van der Waals surface area contributed by atoms with Crippen molar-refractivity contribution in [2.75, 3.05) is 26.2 Å². The van der Waals surface area contributed by atoms with E-state index in [4.69, 9.17) is 0 Å². The molecule has 0 N–H and O–H groups in total. The number of hydrogen-bond donors (Lipinski definition) is 0. The molecule has 4 rings (SSSR count). The Bertz CT molecular complexity index is 715. The van der Waals surface area contributed by atoms with Crippen LogP contribution in [0, 0.1) is 5.92 Å². The van der Waals surface area contributed by atoms with Crippen LogP contribution < -0.4 is 0 Å². The molecule has 2 aliphatic rings. The van der Waals surface area contributed by atoms with Gasteiger partial charge in [-0.3, -0.25) is 14.8 Å². The molecule has 1 saturated carbocycles. The van der Waals surface area contributed by atoms with Crippen molar-refractivity contribution in [3.63, 3.8) is 0 Å². The number of aromatic nitrogens is 5. The van der Waals surface area contributed by atoms with Gasteiger partial charge in [0.15, 0.2) is 5.82 Å². The Morgan fingerprint density at radius 2 is 1.75 bits per heavy atom. The molecule has 28 heavy (non-hydrogen) atoms. The molecule has 1 atom stereocenters. The van der Waals surface area contributed by atoms with Crippen molar-refractivity contribution in [1.29, 1.82) is 0 Å². The average Bonchev–Trinajstić information content (AvgIpc) is 3.39. The van der Waals surface area contributed by atoms with Crippen LogP contribution in [0.4, 0.5) is 0 Å². The van der Waals surface area contributed by atoms with E-state index in [0.717, 1.165) is 45.0 Å². The van der Waals surface area contributed by atoms with Gasteiger partial charge in [0.2, 0.25) is 0 Å². The first-order valence-corrected chi connectivity index (χ1v) is 10.8. The van der Waals surface area contributed by atoms with Crippen LogP contribution in [0.1, 0.15) is 69.4 Å². The molecule has 1 unspecified atom stereocenters. The molecule has 2 aromatic heterocycles. The lowest BCUT2D eigenvalue weighted by Gasteiger charge is -2.39. The number of hydrogen-bond acceptors (Lipinski definition) is 6. The molecule has 0 bridgehead atoms. The summed E-state index contributed by atoms with van der Waals surface area (Å²) in [7, 11) is 0. The highest BCUT2D eigenvalue weighted by Crippen LogP contribution is 2.34. The fraction of sp³-hybridized carbons (Fsp3) is 0.714. The highest BCUT2D eigenvalue weighted by Gasteiger charge is 2.32. The van der Waals surface area contributed by atoms with E-state index in [9.17, 15) is 0 Å². The third kappa shape index (κ3) is 4.58. The summed E-state index contributed by atoms with van der Waals surface area (Å²) in [5.74, 6) is 1.71. The summed E-state index contributed by atoms with van der Waals surface area (Å²) in [6.45, 7) is 9.92. The Morgan fingerprint density at radius 3 is 2.43 bits per heavy atom. The van der Waals surface area contributed by atoms with Crippen molar-refractivity contribution < 1.29 is 0 Å². The van der Waals surface area contributed by atoms with E-state index in [2.05, 4.69) is 61.0 Å². The van der Waals surface area contributed by atoms with E-state index >= 15 is 0 Å². The number of tetrazole rings is 1. The lowest BCUT2D eigenvalue weighted by Crippen LogP contribution is -2.48. The van der Waals surface area contributed by atoms with Gasteiger partial charge in [0.1, 0.15) is 0 Å². The molecule has 152 valence electrons. The van der Waals surface area contributed by atoms with Gasteiger partial charge in [0.05, 0.1) is 12.1 Å². The molecule has 0 radical (unpaired) electrons. The highest BCUT2D eigenvalue weighted by molar-refractivity contribution is 5.09. The SMILES string of the molecule is CC(C)CC(c1nnnn1C1CCCC1)N1CCN(Cc2ccncc2)CC1. The van der Waals surface area contributed by atoms with Crippen molar-refractivity contribution in [2.24, 2.45) is 5.92 Å². The smallest absolute Gasteiger partial charge is 0.168 e. The Balaban J connectivity index is 1.43. The van der Waals surface area contributed by atoms with E-state index in [1.165, 1.54) is 31.2 Å². The van der Waals surface area contributed by atoms with E-state index in [1.807, 2.05) is 12.4 Å². The first kappa shape index (κ1) is 19.5. The fourth-order valence-corrected chi connectivity index (χ4v) is 4.67. The zero-order valence-electron chi connectivity index (χ0n) is 17.2. The van der Waals surface area contributed by atoms with Crippen LogP contribution >= 0.6 is 0 Å². The van der Waals surface area contributed by atoms with Gasteiger partial charge in [-0.1, -0.05) is 26.7 Å². The number of rotatable bonds is 7. The molecule has 7 nitrogen and oxygen atoms in total. The molecular formula is C21H33N7. The quantitative estimate of drug-likeness (QED) is 0.732. The summed E-state index contributed by atoms with van der Waals surface area (Å²) in [6, 6.07) is 5.04. The largest absolute Gasteiger partial charge is 0.297 e. The molecule has 3 heterocycles. The third-order valence-electron chi connectivity index (χ3n) is 6.18. The number of nitrogens with zero attached hydrogens (tertiary/aromatic N) is 7. The summed E-state index contributed by atoms with van der Waals surface area (Å²) in [4.78, 5) is 9.27. The van der Waals surface area contributed by atoms with E-state index in [1.54, 1.807) is 0 Å². The van der Waals surface area contributed by atoms with Gasteiger partial charge >= 0.3 is 0 Å². The standard InChI is InChI=1S/C21H33N7/c1-17(2)15-20(21-23-24-25-28(21)19-5-3-4-6-19)27-13-11-26(12-14-27)16-18-7-9-22-10-8-18/h7-10,17,19-20H,3-6,11-16H2,1-2H3. The van der Waals surface area contributed by atoms with E-state index in [0.29, 0.717) is 18.0 Å². The number of piperazine rings is 1. The van der Waals surface area contributed by atoms with Gasteiger partial charge in [-0.05, 0) is 53.3 Å². The minimum absolute atomic E-state index is 0.318. The molecule has 0 amide bonds. The third-order valence-corrected chi connectivity index (χ3v) is 6.18. The Kier molecular flexibility index (Phi) is 6.32. The summed E-state index contributed by atoms with van der Waals surface area (Å²) >= 11 is 0. The van der Waals surface area contributed by atoms with Crippen LogP contribution in [0.15, 0.2) is 24.5 Å². The normalized spacial score (nSPS) is 20.8. The zero-order chi connectivity index (χ0) is 19.3. The van der Waals surface area contributed by atoms with Crippen molar-refractivity contribution in [3.8, 4) is 0 Å². The Morgan fingerprint density at radius 1 is 1.04 bits per heavy atom. The second-order valence-electron chi connectivity index (χ2n) is 8.73. The maximum Gasteiger partial charge on any atom is 0.168 e. The van der Waals surface area contributed by atoms with Gasteiger partial charge in [0, 0.05) is 45.1 Å².